The Morgan fingerprint density at radius 1 is 1.36 bits per heavy atom. The molecule has 0 bridgehead atoms. The van der Waals surface area contributed by atoms with Crippen LogP contribution in [0.2, 0.25) is 0 Å². The molecular formula is C17H27N5O3. The second-order valence-electron chi connectivity index (χ2n) is 6.21. The molecule has 2 rings (SSSR count). The molecule has 0 saturated carbocycles. The van der Waals surface area contributed by atoms with Crippen LogP contribution in [0.3, 0.4) is 0 Å². The van der Waals surface area contributed by atoms with Crippen molar-refractivity contribution in [3.63, 3.8) is 0 Å². The van der Waals surface area contributed by atoms with Crippen molar-refractivity contribution in [2.45, 2.75) is 32.9 Å². The summed E-state index contributed by atoms with van der Waals surface area (Å²) < 4.78 is 5.33. The summed E-state index contributed by atoms with van der Waals surface area (Å²) in [6.07, 6.45) is 2.51. The van der Waals surface area contributed by atoms with Crippen LogP contribution in [-0.4, -0.2) is 49.3 Å². The molecule has 0 spiro atoms. The predicted octanol–water partition coefficient (Wildman–Crippen LogP) is 0.617. The van der Waals surface area contributed by atoms with Crippen LogP contribution < -0.4 is 21.3 Å². The lowest BCUT2D eigenvalue weighted by Gasteiger charge is -2.27. The fourth-order valence-corrected chi connectivity index (χ4v) is 2.66. The van der Waals surface area contributed by atoms with Crippen molar-refractivity contribution in [2.24, 2.45) is 11.7 Å². The number of hydrogen-bond donors (Lipinski definition) is 3. The number of amides is 3. The molecule has 1 aliphatic heterocycles. The van der Waals surface area contributed by atoms with Gasteiger partial charge >= 0.3 is 6.03 Å². The van der Waals surface area contributed by atoms with E-state index in [4.69, 9.17) is 10.5 Å². The predicted molar refractivity (Wildman–Crippen MR) is 95.1 cm³/mol. The zero-order chi connectivity index (χ0) is 18.2. The number of anilines is 1. The molecular weight excluding hydrogens is 322 g/mol. The van der Waals surface area contributed by atoms with Gasteiger partial charge in [0.2, 0.25) is 5.91 Å². The number of pyridine rings is 1. The highest BCUT2D eigenvalue weighted by molar-refractivity contribution is 5.86. The van der Waals surface area contributed by atoms with Crippen molar-refractivity contribution < 1.29 is 14.3 Å². The molecule has 0 aliphatic carbocycles. The lowest BCUT2D eigenvalue weighted by molar-refractivity contribution is -0.124. The van der Waals surface area contributed by atoms with Crippen molar-refractivity contribution in [1.29, 1.82) is 0 Å². The van der Waals surface area contributed by atoms with Crippen molar-refractivity contribution in [3.8, 4) is 0 Å². The number of hydrogen-bond acceptors (Lipinski definition) is 5. The zero-order valence-electron chi connectivity index (χ0n) is 14.8. The van der Waals surface area contributed by atoms with Crippen LogP contribution >= 0.6 is 0 Å². The second kappa shape index (κ2) is 9.22. The maximum Gasteiger partial charge on any atom is 0.312 e. The minimum absolute atomic E-state index is 0.00526. The SMILES string of the molecule is CCC(C)C(NC(N)=O)C(=O)NCc1ccc(N2CCOCC2)nc1. The summed E-state index contributed by atoms with van der Waals surface area (Å²) in [4.78, 5) is 30.1. The number of morpholine rings is 1. The Balaban J connectivity index is 1.90. The van der Waals surface area contributed by atoms with E-state index in [1.54, 1.807) is 6.20 Å². The Hall–Kier alpha value is -2.35. The highest BCUT2D eigenvalue weighted by Gasteiger charge is 2.24. The number of primary amides is 1. The number of aromatic nitrogens is 1. The summed E-state index contributed by atoms with van der Waals surface area (Å²) in [7, 11) is 0. The van der Waals surface area contributed by atoms with E-state index in [-0.39, 0.29) is 11.8 Å². The van der Waals surface area contributed by atoms with Crippen LogP contribution in [0.5, 0.6) is 0 Å². The fraction of sp³-hybridized carbons (Fsp3) is 0.588. The Morgan fingerprint density at radius 2 is 2.08 bits per heavy atom. The van der Waals surface area contributed by atoms with Crippen LogP contribution in [-0.2, 0) is 16.1 Å². The first-order valence-corrected chi connectivity index (χ1v) is 8.62. The van der Waals surface area contributed by atoms with Gasteiger partial charge in [-0.3, -0.25) is 4.79 Å². The van der Waals surface area contributed by atoms with Gasteiger partial charge in [0.15, 0.2) is 0 Å². The van der Waals surface area contributed by atoms with Crippen LogP contribution in [0.25, 0.3) is 0 Å². The normalized spacial score (nSPS) is 16.8. The highest BCUT2D eigenvalue weighted by atomic mass is 16.5. The molecule has 2 heterocycles. The lowest BCUT2D eigenvalue weighted by Crippen LogP contribution is -2.51. The summed E-state index contributed by atoms with van der Waals surface area (Å²) in [5.74, 6) is 0.658. The molecule has 2 unspecified atom stereocenters. The summed E-state index contributed by atoms with van der Waals surface area (Å²) in [6.45, 7) is 7.30. The molecule has 4 N–H and O–H groups in total. The van der Waals surface area contributed by atoms with E-state index >= 15 is 0 Å². The topological polar surface area (TPSA) is 110 Å². The average molecular weight is 349 g/mol. The molecule has 2 atom stereocenters. The molecule has 1 fully saturated rings. The van der Waals surface area contributed by atoms with Crippen LogP contribution in [0.4, 0.5) is 10.6 Å². The second-order valence-corrected chi connectivity index (χ2v) is 6.21. The Bertz CT molecular complexity index is 572. The Morgan fingerprint density at radius 3 is 2.64 bits per heavy atom. The molecule has 1 aliphatic rings. The first-order chi connectivity index (χ1) is 12.0. The molecule has 8 nitrogen and oxygen atoms in total. The standard InChI is InChI=1S/C17H27N5O3/c1-3-12(2)15(21-17(18)24)16(23)20-11-13-4-5-14(19-10-13)22-6-8-25-9-7-22/h4-5,10,12,15H,3,6-9,11H2,1-2H3,(H,20,23)(H3,18,21,24). The van der Waals surface area contributed by atoms with Gasteiger partial charge in [0, 0.05) is 25.8 Å². The Labute approximate surface area is 148 Å². The van der Waals surface area contributed by atoms with Gasteiger partial charge < -0.3 is 26.0 Å². The van der Waals surface area contributed by atoms with Crippen molar-refractivity contribution in [2.75, 3.05) is 31.2 Å². The van der Waals surface area contributed by atoms with E-state index in [0.717, 1.165) is 30.9 Å². The molecule has 138 valence electrons. The van der Waals surface area contributed by atoms with Gasteiger partial charge in [0.1, 0.15) is 11.9 Å². The van der Waals surface area contributed by atoms with E-state index in [2.05, 4.69) is 20.5 Å². The third-order valence-corrected chi connectivity index (χ3v) is 4.40. The third-order valence-electron chi connectivity index (χ3n) is 4.40. The van der Waals surface area contributed by atoms with Gasteiger partial charge in [-0.25, -0.2) is 9.78 Å². The van der Waals surface area contributed by atoms with Crippen LogP contribution in [0, 0.1) is 5.92 Å². The number of nitrogens with zero attached hydrogens (tertiary/aromatic N) is 2. The molecule has 1 saturated heterocycles. The molecule has 1 aromatic heterocycles. The zero-order valence-corrected chi connectivity index (χ0v) is 14.8. The number of nitrogens with one attached hydrogen (secondary N) is 2. The molecule has 0 aromatic carbocycles. The van der Waals surface area contributed by atoms with Gasteiger partial charge in [-0.05, 0) is 17.5 Å². The van der Waals surface area contributed by atoms with Crippen molar-refractivity contribution in [1.82, 2.24) is 15.6 Å². The first kappa shape index (κ1) is 19.0. The summed E-state index contributed by atoms with van der Waals surface area (Å²) in [6, 6.07) is 2.55. The van der Waals surface area contributed by atoms with E-state index in [0.29, 0.717) is 19.8 Å². The van der Waals surface area contributed by atoms with Gasteiger partial charge in [0.05, 0.1) is 13.2 Å². The summed E-state index contributed by atoms with van der Waals surface area (Å²) in [5.41, 5.74) is 6.06. The van der Waals surface area contributed by atoms with E-state index in [1.165, 1.54) is 0 Å². The van der Waals surface area contributed by atoms with Gasteiger partial charge in [-0.15, -0.1) is 0 Å². The van der Waals surface area contributed by atoms with Gasteiger partial charge in [0.25, 0.3) is 0 Å². The minimum atomic E-state index is -0.697. The monoisotopic (exact) mass is 349 g/mol. The largest absolute Gasteiger partial charge is 0.378 e. The molecule has 0 radical (unpaired) electrons. The lowest BCUT2D eigenvalue weighted by atomic mass is 9.98. The van der Waals surface area contributed by atoms with Crippen molar-refractivity contribution >= 4 is 17.8 Å². The number of carbonyl (C=O) groups excluding carboxylic acids is 2. The smallest absolute Gasteiger partial charge is 0.312 e. The van der Waals surface area contributed by atoms with E-state index < -0.39 is 12.1 Å². The Kier molecular flexibility index (Phi) is 7.00. The molecule has 8 heteroatoms. The van der Waals surface area contributed by atoms with E-state index in [9.17, 15) is 9.59 Å². The number of nitrogens with two attached hydrogens (primary N) is 1. The third kappa shape index (κ3) is 5.60. The number of carbonyl (C=O) groups is 2. The number of ether oxygens (including phenoxy) is 1. The number of rotatable bonds is 7. The molecule has 1 aromatic rings. The van der Waals surface area contributed by atoms with E-state index in [1.807, 2.05) is 26.0 Å². The average Bonchev–Trinajstić information content (AvgIpc) is 2.64. The summed E-state index contributed by atoms with van der Waals surface area (Å²) >= 11 is 0. The minimum Gasteiger partial charge on any atom is -0.378 e. The van der Waals surface area contributed by atoms with Crippen LogP contribution in [0.1, 0.15) is 25.8 Å². The van der Waals surface area contributed by atoms with Gasteiger partial charge in [-0.2, -0.15) is 0 Å². The first-order valence-electron chi connectivity index (χ1n) is 8.62. The maximum absolute atomic E-state index is 12.3. The van der Waals surface area contributed by atoms with Gasteiger partial charge in [-0.1, -0.05) is 26.3 Å². The highest BCUT2D eigenvalue weighted by Crippen LogP contribution is 2.13. The maximum atomic E-state index is 12.3. The number of urea groups is 1. The van der Waals surface area contributed by atoms with Crippen LogP contribution in [0.15, 0.2) is 18.3 Å². The summed E-state index contributed by atoms with van der Waals surface area (Å²) in [5, 5.41) is 5.35. The fourth-order valence-electron chi connectivity index (χ4n) is 2.66. The molecule has 3 amide bonds. The quantitative estimate of drug-likeness (QED) is 0.668. The van der Waals surface area contributed by atoms with Crippen molar-refractivity contribution in [3.05, 3.63) is 23.9 Å². The molecule has 25 heavy (non-hydrogen) atoms.